The van der Waals surface area contributed by atoms with Gasteiger partial charge in [0.2, 0.25) is 10.0 Å². The van der Waals surface area contributed by atoms with Crippen LogP contribution in [-0.4, -0.2) is 29.3 Å². The Labute approximate surface area is 148 Å². The van der Waals surface area contributed by atoms with Gasteiger partial charge in [-0.15, -0.1) is 0 Å². The van der Waals surface area contributed by atoms with Crippen LogP contribution in [0.25, 0.3) is 0 Å². The maximum atomic E-state index is 11.7. The predicted octanol–water partition coefficient (Wildman–Crippen LogP) is 2.66. The van der Waals surface area contributed by atoms with E-state index in [-0.39, 0.29) is 22.9 Å². The Kier molecular flexibility index (Phi) is 5.43. The van der Waals surface area contributed by atoms with Gasteiger partial charge in [-0.1, -0.05) is 23.8 Å². The minimum absolute atomic E-state index is 0.0118. The van der Waals surface area contributed by atoms with Crippen molar-refractivity contribution in [3.63, 3.8) is 0 Å². The molecule has 0 spiro atoms. The maximum Gasteiger partial charge on any atom is 0.229 e. The molecule has 0 aliphatic heterocycles. The average Bonchev–Trinajstić information content (AvgIpc) is 2.46. The molecule has 0 bridgehead atoms. The first-order chi connectivity index (χ1) is 11.5. The van der Waals surface area contributed by atoms with E-state index in [4.69, 9.17) is 4.74 Å². The second-order valence-corrected chi connectivity index (χ2v) is 9.79. The third kappa shape index (κ3) is 5.47. The van der Waals surface area contributed by atoms with Crippen LogP contribution in [0.5, 0.6) is 5.75 Å². The van der Waals surface area contributed by atoms with Crippen molar-refractivity contribution in [1.29, 1.82) is 0 Å². The molecule has 0 fully saturated rings. The Balaban J connectivity index is 2.37. The van der Waals surface area contributed by atoms with Gasteiger partial charge >= 0.3 is 0 Å². The molecule has 0 saturated carbocycles. The summed E-state index contributed by atoms with van der Waals surface area (Å²) in [6, 6.07) is 10.1. The van der Waals surface area contributed by atoms with E-state index in [2.05, 4.69) is 4.72 Å². The lowest BCUT2D eigenvalue weighted by Gasteiger charge is -2.15. The van der Waals surface area contributed by atoms with Crippen molar-refractivity contribution in [3.05, 3.63) is 53.1 Å². The molecular weight excluding hydrogens is 362 g/mol. The second-order valence-electron chi connectivity index (χ2n) is 6.02. The molecule has 0 atom stereocenters. The normalized spacial score (nSPS) is 12.0. The smallest absolute Gasteiger partial charge is 0.229 e. The van der Waals surface area contributed by atoms with E-state index < -0.39 is 19.9 Å². The molecule has 0 aliphatic rings. The van der Waals surface area contributed by atoms with Crippen LogP contribution in [0.2, 0.25) is 0 Å². The number of aryl methyl sites for hydroxylation is 2. The standard InChI is InChI=1S/C17H21NO5S2/c1-12-5-6-13(2)14(9-12)11-23-17-8-7-15(24(3,19)20)10-16(17)18-25(4,21)22/h5-10,18H,11H2,1-4H3. The van der Waals surface area contributed by atoms with Gasteiger partial charge in [-0.2, -0.15) is 0 Å². The summed E-state index contributed by atoms with van der Waals surface area (Å²) in [6.07, 6.45) is 2.05. The molecule has 8 heteroatoms. The number of ether oxygens (including phenoxy) is 1. The number of nitrogens with one attached hydrogen (secondary N) is 1. The molecule has 6 nitrogen and oxygen atoms in total. The van der Waals surface area contributed by atoms with Crippen molar-refractivity contribution >= 4 is 25.5 Å². The largest absolute Gasteiger partial charge is 0.487 e. The van der Waals surface area contributed by atoms with E-state index >= 15 is 0 Å². The molecule has 2 aromatic carbocycles. The fraction of sp³-hybridized carbons (Fsp3) is 0.294. The van der Waals surface area contributed by atoms with E-state index in [0.29, 0.717) is 0 Å². The molecule has 0 heterocycles. The lowest BCUT2D eigenvalue weighted by molar-refractivity contribution is 0.307. The highest BCUT2D eigenvalue weighted by atomic mass is 32.2. The summed E-state index contributed by atoms with van der Waals surface area (Å²) in [5, 5.41) is 0. The Morgan fingerprint density at radius 1 is 0.960 bits per heavy atom. The molecule has 0 radical (unpaired) electrons. The Hall–Kier alpha value is -2.06. The Morgan fingerprint density at radius 2 is 1.64 bits per heavy atom. The highest BCUT2D eigenvalue weighted by molar-refractivity contribution is 7.92. The second kappa shape index (κ2) is 7.05. The number of hydrogen-bond donors (Lipinski definition) is 1. The first-order valence-electron chi connectivity index (χ1n) is 7.46. The van der Waals surface area contributed by atoms with Gasteiger partial charge in [-0.3, -0.25) is 4.72 Å². The first kappa shape index (κ1) is 19.3. The molecule has 0 aromatic heterocycles. The van der Waals surface area contributed by atoms with Crippen molar-refractivity contribution in [3.8, 4) is 5.75 Å². The summed E-state index contributed by atoms with van der Waals surface area (Å²) >= 11 is 0. The number of sulfone groups is 1. The van der Waals surface area contributed by atoms with Crippen LogP contribution < -0.4 is 9.46 Å². The number of sulfonamides is 1. The zero-order valence-corrected chi connectivity index (χ0v) is 16.2. The predicted molar refractivity (Wildman–Crippen MR) is 98.3 cm³/mol. The van der Waals surface area contributed by atoms with Gasteiger partial charge in [0.25, 0.3) is 0 Å². The van der Waals surface area contributed by atoms with Crippen molar-refractivity contribution in [2.75, 3.05) is 17.2 Å². The summed E-state index contributed by atoms with van der Waals surface area (Å²) in [5.41, 5.74) is 3.20. The molecule has 2 rings (SSSR count). The molecular formula is C17H21NO5S2. The van der Waals surface area contributed by atoms with E-state index in [0.717, 1.165) is 29.2 Å². The van der Waals surface area contributed by atoms with Crippen LogP contribution in [0.15, 0.2) is 41.3 Å². The highest BCUT2D eigenvalue weighted by Gasteiger charge is 2.15. The van der Waals surface area contributed by atoms with Crippen LogP contribution >= 0.6 is 0 Å². The lowest BCUT2D eigenvalue weighted by atomic mass is 10.1. The first-order valence-corrected chi connectivity index (χ1v) is 11.2. The molecule has 25 heavy (non-hydrogen) atoms. The summed E-state index contributed by atoms with van der Waals surface area (Å²) in [5.74, 6) is 0.263. The fourth-order valence-corrected chi connectivity index (χ4v) is 3.46. The van der Waals surface area contributed by atoms with Crippen molar-refractivity contribution in [1.82, 2.24) is 0 Å². The van der Waals surface area contributed by atoms with Gasteiger partial charge in [-0.25, -0.2) is 16.8 Å². The topological polar surface area (TPSA) is 89.5 Å². The van der Waals surface area contributed by atoms with Gasteiger partial charge in [0.1, 0.15) is 12.4 Å². The molecule has 0 aliphatic carbocycles. The maximum absolute atomic E-state index is 11.7. The zero-order chi connectivity index (χ0) is 18.8. The third-order valence-electron chi connectivity index (χ3n) is 3.56. The molecule has 2 aromatic rings. The Bertz CT molecular complexity index is 996. The SMILES string of the molecule is Cc1ccc(C)c(COc2ccc(S(C)(=O)=O)cc2NS(C)(=O)=O)c1. The summed E-state index contributed by atoms with van der Waals surface area (Å²) in [4.78, 5) is 0.0118. The van der Waals surface area contributed by atoms with Gasteiger partial charge in [0, 0.05) is 6.26 Å². The quantitative estimate of drug-likeness (QED) is 0.828. The van der Waals surface area contributed by atoms with Crippen molar-refractivity contribution in [2.24, 2.45) is 0 Å². The van der Waals surface area contributed by atoms with E-state index in [1.807, 2.05) is 32.0 Å². The van der Waals surface area contributed by atoms with Gasteiger partial charge < -0.3 is 4.74 Å². The van der Waals surface area contributed by atoms with Crippen molar-refractivity contribution in [2.45, 2.75) is 25.3 Å². The number of rotatable bonds is 6. The van der Waals surface area contributed by atoms with Crippen LogP contribution in [0.4, 0.5) is 5.69 Å². The summed E-state index contributed by atoms with van der Waals surface area (Å²) < 4.78 is 54.6. The lowest BCUT2D eigenvalue weighted by Crippen LogP contribution is -2.12. The fourth-order valence-electron chi connectivity index (χ4n) is 2.26. The highest BCUT2D eigenvalue weighted by Crippen LogP contribution is 2.29. The molecule has 136 valence electrons. The van der Waals surface area contributed by atoms with Gasteiger partial charge in [0.15, 0.2) is 9.84 Å². The zero-order valence-electron chi connectivity index (χ0n) is 14.5. The minimum atomic E-state index is -3.58. The number of anilines is 1. The van der Waals surface area contributed by atoms with Crippen LogP contribution in [-0.2, 0) is 26.5 Å². The third-order valence-corrected chi connectivity index (χ3v) is 5.26. The summed E-state index contributed by atoms with van der Waals surface area (Å²) in [6.45, 7) is 4.17. The van der Waals surface area contributed by atoms with Gasteiger partial charge in [-0.05, 0) is 43.2 Å². The monoisotopic (exact) mass is 383 g/mol. The van der Waals surface area contributed by atoms with Crippen LogP contribution in [0.3, 0.4) is 0 Å². The van der Waals surface area contributed by atoms with E-state index in [9.17, 15) is 16.8 Å². The van der Waals surface area contributed by atoms with Crippen LogP contribution in [0, 0.1) is 13.8 Å². The Morgan fingerprint density at radius 3 is 2.24 bits per heavy atom. The summed E-state index contributed by atoms with van der Waals surface area (Å²) in [7, 11) is -7.05. The van der Waals surface area contributed by atoms with Crippen LogP contribution in [0.1, 0.15) is 16.7 Å². The van der Waals surface area contributed by atoms with E-state index in [1.165, 1.54) is 18.2 Å². The number of benzene rings is 2. The molecule has 0 saturated heterocycles. The number of hydrogen-bond acceptors (Lipinski definition) is 5. The molecule has 0 unspecified atom stereocenters. The minimum Gasteiger partial charge on any atom is -0.487 e. The average molecular weight is 383 g/mol. The van der Waals surface area contributed by atoms with Crippen molar-refractivity contribution < 1.29 is 21.6 Å². The molecule has 1 N–H and O–H groups in total. The van der Waals surface area contributed by atoms with Gasteiger partial charge in [0.05, 0.1) is 16.8 Å². The molecule has 0 amide bonds. The van der Waals surface area contributed by atoms with E-state index in [1.54, 1.807) is 0 Å².